The average molecular weight is 256 g/mol. The van der Waals surface area contributed by atoms with Crippen LogP contribution in [0, 0.1) is 6.92 Å². The molecule has 1 aliphatic carbocycles. The van der Waals surface area contributed by atoms with Gasteiger partial charge in [0.15, 0.2) is 5.82 Å². The van der Waals surface area contributed by atoms with Crippen LogP contribution in [0.5, 0.6) is 0 Å². The Morgan fingerprint density at radius 2 is 1.74 bits per heavy atom. The van der Waals surface area contributed by atoms with E-state index in [1.165, 1.54) is 32.1 Å². The van der Waals surface area contributed by atoms with Crippen LogP contribution in [0.2, 0.25) is 0 Å². The van der Waals surface area contributed by atoms with Gasteiger partial charge < -0.3 is 10.3 Å². The number of hydrogen-bond donors (Lipinski definition) is 1. The van der Waals surface area contributed by atoms with Crippen molar-refractivity contribution in [1.29, 1.82) is 0 Å². The monoisotopic (exact) mass is 256 g/mol. The predicted octanol–water partition coefficient (Wildman–Crippen LogP) is 3.34. The maximum atomic E-state index is 5.75. The molecule has 2 aromatic rings. The lowest BCUT2D eigenvalue weighted by atomic mass is 9.95. The molecule has 0 aliphatic heterocycles. The number of benzene rings is 1. The molecular weight excluding hydrogens is 236 g/mol. The number of aryl methyl sites for hydroxylation is 1. The third-order valence-electron chi connectivity index (χ3n) is 3.97. The van der Waals surface area contributed by atoms with Gasteiger partial charge in [0, 0.05) is 17.3 Å². The summed E-state index contributed by atoms with van der Waals surface area (Å²) in [5, 5.41) is 8.64. The van der Waals surface area contributed by atoms with Gasteiger partial charge in [-0.15, -0.1) is 10.2 Å². The Kier molecular flexibility index (Phi) is 3.23. The van der Waals surface area contributed by atoms with Crippen molar-refractivity contribution in [3.8, 4) is 11.4 Å². The standard InChI is InChI=1S/C15H20N4/c1-11-17-18-15(12-7-9-13(16)10-8-12)19(11)14-5-3-2-4-6-14/h7-10,14H,2-6,16H2,1H3. The van der Waals surface area contributed by atoms with Crippen LogP contribution in [0.25, 0.3) is 11.4 Å². The minimum absolute atomic E-state index is 0.552. The third-order valence-corrected chi connectivity index (χ3v) is 3.97. The summed E-state index contributed by atoms with van der Waals surface area (Å²) in [6.07, 6.45) is 6.45. The maximum Gasteiger partial charge on any atom is 0.164 e. The highest BCUT2D eigenvalue weighted by Crippen LogP contribution is 2.32. The van der Waals surface area contributed by atoms with Crippen LogP contribution in [0.15, 0.2) is 24.3 Å². The second-order valence-corrected chi connectivity index (χ2v) is 5.35. The van der Waals surface area contributed by atoms with Gasteiger partial charge in [-0.05, 0) is 44.0 Å². The van der Waals surface area contributed by atoms with Crippen molar-refractivity contribution in [2.24, 2.45) is 0 Å². The van der Waals surface area contributed by atoms with Gasteiger partial charge in [0.05, 0.1) is 0 Å². The van der Waals surface area contributed by atoms with Crippen molar-refractivity contribution in [2.45, 2.75) is 45.1 Å². The minimum atomic E-state index is 0.552. The molecule has 3 rings (SSSR count). The molecule has 1 fully saturated rings. The largest absolute Gasteiger partial charge is 0.399 e. The van der Waals surface area contributed by atoms with Gasteiger partial charge in [-0.3, -0.25) is 0 Å². The van der Waals surface area contributed by atoms with Gasteiger partial charge in [-0.1, -0.05) is 19.3 Å². The normalized spacial score (nSPS) is 16.7. The predicted molar refractivity (Wildman–Crippen MR) is 76.7 cm³/mol. The Morgan fingerprint density at radius 1 is 1.05 bits per heavy atom. The number of nitrogens with two attached hydrogens (primary N) is 1. The molecule has 0 saturated heterocycles. The van der Waals surface area contributed by atoms with E-state index in [-0.39, 0.29) is 0 Å². The van der Waals surface area contributed by atoms with Crippen molar-refractivity contribution in [1.82, 2.24) is 14.8 Å². The first-order valence-electron chi connectivity index (χ1n) is 7.03. The molecule has 4 nitrogen and oxygen atoms in total. The molecule has 4 heteroatoms. The zero-order valence-electron chi connectivity index (χ0n) is 11.3. The fourth-order valence-electron chi connectivity index (χ4n) is 2.97. The fraction of sp³-hybridized carbons (Fsp3) is 0.467. The van der Waals surface area contributed by atoms with E-state index in [2.05, 4.69) is 14.8 Å². The number of anilines is 1. The first-order chi connectivity index (χ1) is 9.25. The zero-order chi connectivity index (χ0) is 13.2. The second kappa shape index (κ2) is 5.03. The van der Waals surface area contributed by atoms with E-state index >= 15 is 0 Å². The zero-order valence-corrected chi connectivity index (χ0v) is 11.3. The van der Waals surface area contributed by atoms with E-state index in [0.717, 1.165) is 22.9 Å². The van der Waals surface area contributed by atoms with Gasteiger partial charge in [0.1, 0.15) is 5.82 Å². The highest BCUT2D eigenvalue weighted by atomic mass is 15.3. The molecule has 2 N–H and O–H groups in total. The van der Waals surface area contributed by atoms with Crippen molar-refractivity contribution < 1.29 is 0 Å². The van der Waals surface area contributed by atoms with Crippen LogP contribution >= 0.6 is 0 Å². The summed E-state index contributed by atoms with van der Waals surface area (Å²) in [6, 6.07) is 8.45. The highest BCUT2D eigenvalue weighted by Gasteiger charge is 2.21. The van der Waals surface area contributed by atoms with Gasteiger partial charge in [0.25, 0.3) is 0 Å². The summed E-state index contributed by atoms with van der Waals surface area (Å²) in [6.45, 7) is 2.04. The number of nitrogens with zero attached hydrogens (tertiary/aromatic N) is 3. The molecule has 0 unspecified atom stereocenters. The van der Waals surface area contributed by atoms with Crippen LogP contribution in [-0.4, -0.2) is 14.8 Å². The molecule has 0 bridgehead atoms. The van der Waals surface area contributed by atoms with Gasteiger partial charge in [-0.2, -0.15) is 0 Å². The molecule has 19 heavy (non-hydrogen) atoms. The van der Waals surface area contributed by atoms with Crippen LogP contribution < -0.4 is 5.73 Å². The quantitative estimate of drug-likeness (QED) is 0.838. The summed E-state index contributed by atoms with van der Waals surface area (Å²) in [5.41, 5.74) is 7.63. The summed E-state index contributed by atoms with van der Waals surface area (Å²) in [4.78, 5) is 0. The van der Waals surface area contributed by atoms with Crippen molar-refractivity contribution >= 4 is 5.69 Å². The molecule has 1 heterocycles. The van der Waals surface area contributed by atoms with Crippen molar-refractivity contribution in [3.05, 3.63) is 30.1 Å². The van der Waals surface area contributed by atoms with E-state index in [1.54, 1.807) is 0 Å². The number of rotatable bonds is 2. The van der Waals surface area contributed by atoms with Crippen molar-refractivity contribution in [3.63, 3.8) is 0 Å². The molecule has 0 amide bonds. The first-order valence-corrected chi connectivity index (χ1v) is 7.03. The van der Waals surface area contributed by atoms with Crippen LogP contribution in [0.4, 0.5) is 5.69 Å². The summed E-state index contributed by atoms with van der Waals surface area (Å²) in [7, 11) is 0. The Morgan fingerprint density at radius 3 is 2.42 bits per heavy atom. The second-order valence-electron chi connectivity index (χ2n) is 5.35. The van der Waals surface area contributed by atoms with E-state index in [0.29, 0.717) is 6.04 Å². The topological polar surface area (TPSA) is 56.7 Å². The molecule has 1 aliphatic rings. The minimum Gasteiger partial charge on any atom is -0.399 e. The SMILES string of the molecule is Cc1nnc(-c2ccc(N)cc2)n1C1CCCCC1. The first kappa shape index (κ1) is 12.2. The molecular formula is C15H20N4. The Balaban J connectivity index is 1.99. The van der Waals surface area contributed by atoms with Crippen LogP contribution in [0.1, 0.15) is 44.0 Å². The summed E-state index contributed by atoms with van der Waals surface area (Å²) in [5.74, 6) is 1.99. The molecule has 1 aromatic carbocycles. The maximum absolute atomic E-state index is 5.75. The Bertz CT molecular complexity index is 550. The van der Waals surface area contributed by atoms with E-state index < -0.39 is 0 Å². The van der Waals surface area contributed by atoms with Gasteiger partial charge in [0.2, 0.25) is 0 Å². The van der Waals surface area contributed by atoms with Crippen LogP contribution in [-0.2, 0) is 0 Å². The summed E-state index contributed by atoms with van der Waals surface area (Å²) < 4.78 is 2.31. The lowest BCUT2D eigenvalue weighted by Crippen LogP contribution is -2.15. The summed E-state index contributed by atoms with van der Waals surface area (Å²) >= 11 is 0. The Labute approximate surface area is 113 Å². The average Bonchev–Trinajstić information content (AvgIpc) is 2.82. The lowest BCUT2D eigenvalue weighted by molar-refractivity contribution is 0.350. The molecule has 1 aromatic heterocycles. The van der Waals surface area contributed by atoms with E-state index in [9.17, 15) is 0 Å². The lowest BCUT2D eigenvalue weighted by Gasteiger charge is -2.25. The van der Waals surface area contributed by atoms with Crippen LogP contribution in [0.3, 0.4) is 0 Å². The molecule has 0 spiro atoms. The highest BCUT2D eigenvalue weighted by molar-refractivity contribution is 5.59. The van der Waals surface area contributed by atoms with E-state index in [4.69, 9.17) is 5.73 Å². The molecule has 100 valence electrons. The molecule has 1 saturated carbocycles. The van der Waals surface area contributed by atoms with Gasteiger partial charge >= 0.3 is 0 Å². The van der Waals surface area contributed by atoms with E-state index in [1.807, 2.05) is 31.2 Å². The fourth-order valence-corrected chi connectivity index (χ4v) is 2.97. The number of nitrogen functional groups attached to an aromatic ring is 1. The molecule has 0 radical (unpaired) electrons. The Hall–Kier alpha value is -1.84. The number of hydrogen-bond acceptors (Lipinski definition) is 3. The number of aromatic nitrogens is 3. The van der Waals surface area contributed by atoms with Crippen molar-refractivity contribution in [2.75, 3.05) is 5.73 Å². The third kappa shape index (κ3) is 2.35. The molecule has 0 atom stereocenters. The smallest absolute Gasteiger partial charge is 0.164 e. The van der Waals surface area contributed by atoms with Gasteiger partial charge in [-0.25, -0.2) is 0 Å².